The van der Waals surface area contributed by atoms with Crippen LogP contribution in [0.1, 0.15) is 53.5 Å². The van der Waals surface area contributed by atoms with Crippen LogP contribution in [-0.4, -0.2) is 36.4 Å². The summed E-state index contributed by atoms with van der Waals surface area (Å²) in [5.41, 5.74) is 1.77. The fourth-order valence-electron chi connectivity index (χ4n) is 3.54. The largest absolute Gasteiger partial charge is 0.467 e. The summed E-state index contributed by atoms with van der Waals surface area (Å²) in [5, 5.41) is 4.40. The van der Waals surface area contributed by atoms with Gasteiger partial charge in [-0.1, -0.05) is 12.8 Å². The Morgan fingerprint density at radius 3 is 2.84 bits per heavy atom. The SMILES string of the molecule is Cc1cc(C)n2nc(C(=O)N(Cc3ccco3)C3CCCC3)nc2n1. The molecule has 0 unspecified atom stereocenters. The van der Waals surface area contributed by atoms with Gasteiger partial charge in [0.05, 0.1) is 12.8 Å². The van der Waals surface area contributed by atoms with Crippen LogP contribution in [0.5, 0.6) is 0 Å². The molecule has 1 saturated carbocycles. The maximum Gasteiger partial charge on any atom is 0.294 e. The number of hydrogen-bond acceptors (Lipinski definition) is 5. The summed E-state index contributed by atoms with van der Waals surface area (Å²) in [6, 6.07) is 5.86. The highest BCUT2D eigenvalue weighted by molar-refractivity contribution is 5.91. The molecule has 7 heteroatoms. The first-order chi connectivity index (χ1) is 12.1. The molecule has 130 valence electrons. The molecule has 1 fully saturated rings. The second-order valence-electron chi connectivity index (χ2n) is 6.64. The molecule has 3 aromatic heterocycles. The number of carbonyl (C=O) groups excluding carboxylic acids is 1. The van der Waals surface area contributed by atoms with Gasteiger partial charge >= 0.3 is 0 Å². The zero-order valence-corrected chi connectivity index (χ0v) is 14.5. The Labute approximate surface area is 145 Å². The van der Waals surface area contributed by atoms with Crippen molar-refractivity contribution < 1.29 is 9.21 Å². The summed E-state index contributed by atoms with van der Waals surface area (Å²) in [7, 11) is 0. The summed E-state index contributed by atoms with van der Waals surface area (Å²) in [6.07, 6.45) is 5.94. The number of furan rings is 1. The van der Waals surface area contributed by atoms with Gasteiger partial charge in [0.2, 0.25) is 5.82 Å². The fraction of sp³-hybridized carbons (Fsp3) is 0.444. The predicted octanol–water partition coefficient (Wildman–Crippen LogP) is 2.92. The number of aryl methyl sites for hydroxylation is 2. The fourth-order valence-corrected chi connectivity index (χ4v) is 3.54. The number of hydrogen-bond donors (Lipinski definition) is 0. The predicted molar refractivity (Wildman–Crippen MR) is 91.1 cm³/mol. The third-order valence-electron chi connectivity index (χ3n) is 4.74. The zero-order chi connectivity index (χ0) is 17.4. The number of nitrogens with zero attached hydrogens (tertiary/aromatic N) is 5. The Morgan fingerprint density at radius 1 is 1.32 bits per heavy atom. The lowest BCUT2D eigenvalue weighted by Gasteiger charge is -2.27. The van der Waals surface area contributed by atoms with Gasteiger partial charge in [-0.3, -0.25) is 4.79 Å². The Kier molecular flexibility index (Phi) is 3.99. The van der Waals surface area contributed by atoms with Crippen molar-refractivity contribution in [3.63, 3.8) is 0 Å². The van der Waals surface area contributed by atoms with Crippen LogP contribution in [0.15, 0.2) is 28.9 Å². The maximum absolute atomic E-state index is 13.1. The van der Waals surface area contributed by atoms with Gasteiger partial charge in [-0.2, -0.15) is 4.98 Å². The molecule has 0 aliphatic heterocycles. The van der Waals surface area contributed by atoms with Crippen molar-refractivity contribution in [3.8, 4) is 0 Å². The van der Waals surface area contributed by atoms with Crippen molar-refractivity contribution in [3.05, 3.63) is 47.4 Å². The molecule has 0 aromatic carbocycles. The van der Waals surface area contributed by atoms with E-state index in [1.165, 1.54) is 0 Å². The minimum absolute atomic E-state index is 0.161. The Balaban J connectivity index is 1.68. The van der Waals surface area contributed by atoms with Gasteiger partial charge in [-0.25, -0.2) is 9.50 Å². The summed E-state index contributed by atoms with van der Waals surface area (Å²) in [5.74, 6) is 1.27. The molecule has 0 radical (unpaired) electrons. The minimum Gasteiger partial charge on any atom is -0.467 e. The van der Waals surface area contributed by atoms with E-state index in [4.69, 9.17) is 4.42 Å². The molecule has 0 atom stereocenters. The minimum atomic E-state index is -0.161. The van der Waals surface area contributed by atoms with Crippen LogP contribution in [0.25, 0.3) is 5.78 Å². The van der Waals surface area contributed by atoms with E-state index in [2.05, 4.69) is 15.1 Å². The topological polar surface area (TPSA) is 76.5 Å². The standard InChI is InChI=1S/C18H21N5O2/c1-12-10-13(2)23-18(19-12)20-16(21-23)17(24)22(14-6-3-4-7-14)11-15-8-5-9-25-15/h5,8-10,14H,3-4,6-7,11H2,1-2H3. The Morgan fingerprint density at radius 2 is 2.12 bits per heavy atom. The van der Waals surface area contributed by atoms with Gasteiger partial charge in [-0.05, 0) is 44.9 Å². The van der Waals surface area contributed by atoms with Gasteiger partial charge in [-0.15, -0.1) is 5.10 Å². The second-order valence-corrected chi connectivity index (χ2v) is 6.64. The van der Waals surface area contributed by atoms with Crippen LogP contribution in [-0.2, 0) is 6.54 Å². The molecule has 0 N–H and O–H groups in total. The molecular weight excluding hydrogens is 318 g/mol. The van der Waals surface area contributed by atoms with Crippen LogP contribution < -0.4 is 0 Å². The van der Waals surface area contributed by atoms with Crippen LogP contribution >= 0.6 is 0 Å². The van der Waals surface area contributed by atoms with Crippen molar-refractivity contribution >= 4 is 11.7 Å². The smallest absolute Gasteiger partial charge is 0.294 e. The first-order valence-electron chi connectivity index (χ1n) is 8.66. The molecule has 7 nitrogen and oxygen atoms in total. The third-order valence-corrected chi connectivity index (χ3v) is 4.74. The molecule has 25 heavy (non-hydrogen) atoms. The number of amides is 1. The van der Waals surface area contributed by atoms with E-state index < -0.39 is 0 Å². The van der Waals surface area contributed by atoms with E-state index in [9.17, 15) is 4.79 Å². The van der Waals surface area contributed by atoms with Gasteiger partial charge in [0.25, 0.3) is 11.7 Å². The number of carbonyl (C=O) groups is 1. The number of fused-ring (bicyclic) bond motifs is 1. The molecule has 1 aliphatic carbocycles. The summed E-state index contributed by atoms with van der Waals surface area (Å²) in [6.45, 7) is 4.28. The normalized spacial score (nSPS) is 15.1. The molecule has 1 amide bonds. The van der Waals surface area contributed by atoms with Gasteiger partial charge in [0, 0.05) is 17.4 Å². The molecule has 0 spiro atoms. The van der Waals surface area contributed by atoms with Crippen LogP contribution in [0.3, 0.4) is 0 Å². The van der Waals surface area contributed by atoms with Crippen molar-refractivity contribution in [1.29, 1.82) is 0 Å². The van der Waals surface area contributed by atoms with E-state index >= 15 is 0 Å². The lowest BCUT2D eigenvalue weighted by atomic mass is 10.2. The number of rotatable bonds is 4. The molecule has 4 rings (SSSR count). The first kappa shape index (κ1) is 15.8. The first-order valence-corrected chi connectivity index (χ1v) is 8.66. The Hall–Kier alpha value is -2.70. The van der Waals surface area contributed by atoms with Crippen molar-refractivity contribution in [2.24, 2.45) is 0 Å². The Bertz CT molecular complexity index is 894. The summed E-state index contributed by atoms with van der Waals surface area (Å²) < 4.78 is 7.08. The third kappa shape index (κ3) is 3.01. The molecular formula is C18H21N5O2. The highest BCUT2D eigenvalue weighted by Gasteiger charge is 2.30. The van der Waals surface area contributed by atoms with E-state index in [0.29, 0.717) is 12.3 Å². The monoisotopic (exact) mass is 339 g/mol. The average molecular weight is 339 g/mol. The van der Waals surface area contributed by atoms with Gasteiger partial charge in [0.15, 0.2) is 0 Å². The quantitative estimate of drug-likeness (QED) is 0.730. The summed E-state index contributed by atoms with van der Waals surface area (Å²) >= 11 is 0. The van der Waals surface area contributed by atoms with Crippen molar-refractivity contribution in [2.45, 2.75) is 52.1 Å². The van der Waals surface area contributed by atoms with E-state index in [1.54, 1.807) is 10.8 Å². The van der Waals surface area contributed by atoms with E-state index in [-0.39, 0.29) is 17.8 Å². The lowest BCUT2D eigenvalue weighted by molar-refractivity contribution is 0.0636. The molecule has 3 aromatic rings. The number of aromatic nitrogens is 4. The van der Waals surface area contributed by atoms with Crippen LogP contribution in [0, 0.1) is 13.8 Å². The van der Waals surface area contributed by atoms with Gasteiger partial charge in [0.1, 0.15) is 5.76 Å². The van der Waals surface area contributed by atoms with Crippen molar-refractivity contribution in [1.82, 2.24) is 24.5 Å². The van der Waals surface area contributed by atoms with Gasteiger partial charge < -0.3 is 9.32 Å². The molecule has 0 saturated heterocycles. The lowest BCUT2D eigenvalue weighted by Crippen LogP contribution is -2.38. The molecule has 3 heterocycles. The van der Waals surface area contributed by atoms with Crippen molar-refractivity contribution in [2.75, 3.05) is 0 Å². The highest BCUT2D eigenvalue weighted by atomic mass is 16.3. The molecule has 0 bridgehead atoms. The van der Waals surface area contributed by atoms with E-state index in [1.807, 2.05) is 36.9 Å². The average Bonchev–Trinajstić information content (AvgIpc) is 3.32. The molecule has 1 aliphatic rings. The van der Waals surface area contributed by atoms with Crippen LogP contribution in [0.2, 0.25) is 0 Å². The van der Waals surface area contributed by atoms with Crippen LogP contribution in [0.4, 0.5) is 0 Å². The van der Waals surface area contributed by atoms with E-state index in [0.717, 1.165) is 42.8 Å². The summed E-state index contributed by atoms with van der Waals surface area (Å²) in [4.78, 5) is 23.7. The highest BCUT2D eigenvalue weighted by Crippen LogP contribution is 2.26. The maximum atomic E-state index is 13.1. The second kappa shape index (κ2) is 6.31. The zero-order valence-electron chi connectivity index (χ0n) is 14.5.